The fourth-order valence-corrected chi connectivity index (χ4v) is 3.42. The number of hydrogen-bond acceptors (Lipinski definition) is 4. The number of rotatable bonds is 2. The highest BCUT2D eigenvalue weighted by atomic mass is 79.9. The van der Waals surface area contributed by atoms with Gasteiger partial charge in [0.05, 0.1) is 6.54 Å². The summed E-state index contributed by atoms with van der Waals surface area (Å²) in [5.41, 5.74) is 6.73. The number of aliphatic imine (C=N–C) groups is 1. The van der Waals surface area contributed by atoms with Crippen molar-refractivity contribution in [2.45, 2.75) is 31.3 Å². The lowest BCUT2D eigenvalue weighted by Crippen LogP contribution is -2.48. The van der Waals surface area contributed by atoms with Gasteiger partial charge in [-0.15, -0.1) is 0 Å². The van der Waals surface area contributed by atoms with E-state index in [1.807, 2.05) is 12.1 Å². The van der Waals surface area contributed by atoms with E-state index in [0.29, 0.717) is 18.5 Å². The summed E-state index contributed by atoms with van der Waals surface area (Å²) in [7, 11) is 0. The van der Waals surface area contributed by atoms with Crippen molar-refractivity contribution in [3.63, 3.8) is 0 Å². The molecule has 0 amide bonds. The third-order valence-electron chi connectivity index (χ3n) is 4.25. The second-order valence-corrected chi connectivity index (χ2v) is 6.76. The Bertz CT molecular complexity index is 719. The molecule has 1 saturated carbocycles. The number of benzene rings is 1. The van der Waals surface area contributed by atoms with Gasteiger partial charge in [0.25, 0.3) is 0 Å². The minimum atomic E-state index is -0.253. The third-order valence-corrected chi connectivity index (χ3v) is 4.74. The van der Waals surface area contributed by atoms with Crippen LogP contribution in [-0.2, 0) is 5.54 Å². The molecule has 1 aromatic heterocycles. The van der Waals surface area contributed by atoms with Gasteiger partial charge in [-0.05, 0) is 44.0 Å². The number of furan rings is 1. The second-order valence-electron chi connectivity index (χ2n) is 5.84. The molecule has 1 fully saturated rings. The van der Waals surface area contributed by atoms with E-state index in [9.17, 15) is 0 Å². The molecule has 2 aromatic rings. The third kappa shape index (κ3) is 1.69. The molecular weight excluding hydrogens is 318 g/mol. The SMILES string of the molecule is CC1(c2cc3cc(Br)ccc3o2)CN=C(N)N1C1CC1. The largest absolute Gasteiger partial charge is 0.458 e. The lowest BCUT2D eigenvalue weighted by atomic mass is 9.97. The van der Waals surface area contributed by atoms with E-state index >= 15 is 0 Å². The van der Waals surface area contributed by atoms with Crippen LogP contribution in [0.4, 0.5) is 0 Å². The number of nitrogens with two attached hydrogens (primary N) is 1. The maximum absolute atomic E-state index is 6.08. The van der Waals surface area contributed by atoms with Crippen molar-refractivity contribution in [2.24, 2.45) is 10.7 Å². The maximum atomic E-state index is 6.08. The smallest absolute Gasteiger partial charge is 0.192 e. The monoisotopic (exact) mass is 333 g/mol. The van der Waals surface area contributed by atoms with E-state index in [-0.39, 0.29) is 5.54 Å². The molecule has 2 heterocycles. The first-order valence-corrected chi connectivity index (χ1v) is 7.66. The topological polar surface area (TPSA) is 54.8 Å². The number of guanidine groups is 1. The molecule has 0 radical (unpaired) electrons. The van der Waals surface area contributed by atoms with Gasteiger partial charge in [0.15, 0.2) is 5.96 Å². The average molecular weight is 334 g/mol. The standard InChI is InChI=1S/C15H16BrN3O/c1-15(8-18-14(17)19(15)11-3-4-11)13-7-9-6-10(16)2-5-12(9)20-13/h2,5-7,11H,3-4,8H2,1H3,(H2,17,18). The highest BCUT2D eigenvalue weighted by Crippen LogP contribution is 2.42. The Morgan fingerprint density at radius 1 is 1.40 bits per heavy atom. The van der Waals surface area contributed by atoms with Gasteiger partial charge in [-0.25, -0.2) is 0 Å². The van der Waals surface area contributed by atoms with Gasteiger partial charge in [-0.3, -0.25) is 4.99 Å². The molecule has 1 unspecified atom stereocenters. The Morgan fingerprint density at radius 3 is 2.95 bits per heavy atom. The normalized spacial score (nSPS) is 26.3. The Hall–Kier alpha value is -1.49. The van der Waals surface area contributed by atoms with Gasteiger partial charge >= 0.3 is 0 Å². The molecule has 1 atom stereocenters. The van der Waals surface area contributed by atoms with Crippen LogP contribution >= 0.6 is 15.9 Å². The Balaban J connectivity index is 1.81. The van der Waals surface area contributed by atoms with E-state index in [1.54, 1.807) is 0 Å². The molecule has 5 heteroatoms. The summed E-state index contributed by atoms with van der Waals surface area (Å²) >= 11 is 3.50. The van der Waals surface area contributed by atoms with Crippen molar-refractivity contribution < 1.29 is 4.42 Å². The fourth-order valence-electron chi connectivity index (χ4n) is 3.04. The molecule has 1 aliphatic carbocycles. The van der Waals surface area contributed by atoms with Crippen LogP contribution in [-0.4, -0.2) is 23.4 Å². The van der Waals surface area contributed by atoms with E-state index in [4.69, 9.17) is 10.2 Å². The molecule has 0 spiro atoms. The zero-order valence-electron chi connectivity index (χ0n) is 11.3. The van der Waals surface area contributed by atoms with Crippen LogP contribution < -0.4 is 5.73 Å². The molecule has 1 aliphatic heterocycles. The molecular formula is C15H16BrN3O. The van der Waals surface area contributed by atoms with Gasteiger partial charge in [-0.1, -0.05) is 15.9 Å². The van der Waals surface area contributed by atoms with Crippen LogP contribution in [0.2, 0.25) is 0 Å². The van der Waals surface area contributed by atoms with Gasteiger partial charge in [0, 0.05) is 15.9 Å². The van der Waals surface area contributed by atoms with Gasteiger partial charge < -0.3 is 15.1 Å². The molecule has 2 aliphatic rings. The first-order chi connectivity index (χ1) is 9.58. The molecule has 2 N–H and O–H groups in total. The van der Waals surface area contributed by atoms with Crippen molar-refractivity contribution in [2.75, 3.05) is 6.54 Å². The summed E-state index contributed by atoms with van der Waals surface area (Å²) in [6.07, 6.45) is 2.38. The van der Waals surface area contributed by atoms with Crippen molar-refractivity contribution in [3.8, 4) is 0 Å². The Labute approximate surface area is 125 Å². The summed E-state index contributed by atoms with van der Waals surface area (Å²) in [5, 5.41) is 1.11. The van der Waals surface area contributed by atoms with Gasteiger partial charge in [0.2, 0.25) is 0 Å². The summed E-state index contributed by atoms with van der Waals surface area (Å²) in [4.78, 5) is 6.68. The van der Waals surface area contributed by atoms with Crippen LogP contribution in [0.25, 0.3) is 11.0 Å². The number of hydrogen-bond donors (Lipinski definition) is 1. The first kappa shape index (κ1) is 12.3. The predicted molar refractivity (Wildman–Crippen MR) is 82.6 cm³/mol. The van der Waals surface area contributed by atoms with E-state index in [0.717, 1.165) is 21.2 Å². The van der Waals surface area contributed by atoms with Crippen molar-refractivity contribution >= 4 is 32.9 Å². The van der Waals surface area contributed by atoms with Crippen LogP contribution in [0.1, 0.15) is 25.5 Å². The number of fused-ring (bicyclic) bond motifs is 1. The maximum Gasteiger partial charge on any atom is 0.192 e. The number of halogens is 1. The second kappa shape index (κ2) is 4.01. The average Bonchev–Trinajstić information content (AvgIpc) is 3.06. The highest BCUT2D eigenvalue weighted by molar-refractivity contribution is 9.10. The number of nitrogens with zero attached hydrogens (tertiary/aromatic N) is 2. The van der Waals surface area contributed by atoms with E-state index in [2.05, 4.69) is 44.9 Å². The summed E-state index contributed by atoms with van der Waals surface area (Å²) < 4.78 is 7.13. The zero-order chi connectivity index (χ0) is 13.9. The Kier molecular flexibility index (Phi) is 2.46. The first-order valence-electron chi connectivity index (χ1n) is 6.87. The molecule has 1 aromatic carbocycles. The zero-order valence-corrected chi connectivity index (χ0v) is 12.9. The minimum Gasteiger partial charge on any atom is -0.458 e. The minimum absolute atomic E-state index is 0.253. The van der Waals surface area contributed by atoms with Crippen LogP contribution in [0.15, 0.2) is 38.1 Å². The van der Waals surface area contributed by atoms with E-state index in [1.165, 1.54) is 12.8 Å². The van der Waals surface area contributed by atoms with Crippen LogP contribution in [0.3, 0.4) is 0 Å². The Morgan fingerprint density at radius 2 is 2.20 bits per heavy atom. The lowest BCUT2D eigenvalue weighted by molar-refractivity contribution is 0.183. The van der Waals surface area contributed by atoms with Crippen molar-refractivity contribution in [1.82, 2.24) is 4.90 Å². The fraction of sp³-hybridized carbons (Fsp3) is 0.400. The van der Waals surface area contributed by atoms with Crippen molar-refractivity contribution in [3.05, 3.63) is 34.5 Å². The molecule has 4 rings (SSSR count). The summed E-state index contributed by atoms with van der Waals surface area (Å²) in [6, 6.07) is 8.70. The highest BCUT2D eigenvalue weighted by Gasteiger charge is 2.48. The van der Waals surface area contributed by atoms with Gasteiger partial charge in [-0.2, -0.15) is 0 Å². The van der Waals surface area contributed by atoms with Crippen LogP contribution in [0, 0.1) is 0 Å². The summed E-state index contributed by atoms with van der Waals surface area (Å²) in [6.45, 7) is 2.83. The quantitative estimate of drug-likeness (QED) is 0.918. The lowest BCUT2D eigenvalue weighted by Gasteiger charge is -2.34. The molecule has 104 valence electrons. The van der Waals surface area contributed by atoms with Crippen molar-refractivity contribution in [1.29, 1.82) is 0 Å². The molecule has 0 bridgehead atoms. The van der Waals surface area contributed by atoms with Gasteiger partial charge in [0.1, 0.15) is 16.9 Å². The van der Waals surface area contributed by atoms with Crippen LogP contribution in [0.5, 0.6) is 0 Å². The summed E-state index contributed by atoms with van der Waals surface area (Å²) in [5.74, 6) is 1.60. The molecule has 20 heavy (non-hydrogen) atoms. The molecule has 0 saturated heterocycles. The predicted octanol–water partition coefficient (Wildman–Crippen LogP) is 3.20. The molecule has 4 nitrogen and oxygen atoms in total. The van der Waals surface area contributed by atoms with E-state index < -0.39 is 0 Å².